The predicted octanol–water partition coefficient (Wildman–Crippen LogP) is -1.28. The van der Waals surface area contributed by atoms with E-state index in [2.05, 4.69) is 26.8 Å². The molecule has 206 valence electrons. The minimum atomic E-state index is -0.861. The molecule has 10 N–H and O–H groups in total. The second-order valence-electron chi connectivity index (χ2n) is 6.68. The molecule has 15 nitrogen and oxygen atoms in total. The third-order valence-corrected chi connectivity index (χ3v) is 2.23. The molecule has 35 heavy (non-hydrogen) atoms. The summed E-state index contributed by atoms with van der Waals surface area (Å²) in [7, 11) is 7.62. The zero-order valence-corrected chi connectivity index (χ0v) is 21.4. The Morgan fingerprint density at radius 2 is 1.46 bits per heavy atom. The van der Waals surface area contributed by atoms with Gasteiger partial charge in [0.2, 0.25) is 11.8 Å². The summed E-state index contributed by atoms with van der Waals surface area (Å²) < 4.78 is 0. The van der Waals surface area contributed by atoms with Crippen molar-refractivity contribution in [1.82, 2.24) is 20.2 Å². The fourth-order valence-corrected chi connectivity index (χ4v) is 1.14. The summed E-state index contributed by atoms with van der Waals surface area (Å²) in [5, 5.41) is 34.4. The number of nitrogens with two attached hydrogens (primary N) is 2. The SMILES string of the molecule is CC(=O)O.CC(N)=O.CCCC(=O)O.CN(C)C.CN[C@@H](Cc1c[nH]cn1)C(=O)O.NC(=O)CO. The molecule has 2 amide bonds. The molecule has 1 aromatic rings. The first-order valence-electron chi connectivity index (χ1n) is 10.0. The van der Waals surface area contributed by atoms with Crippen LogP contribution in [0, 0.1) is 0 Å². The number of aromatic nitrogens is 2. The first kappa shape index (κ1) is 41.7. The van der Waals surface area contributed by atoms with Crippen LogP contribution < -0.4 is 16.8 Å². The number of aromatic amines is 1. The van der Waals surface area contributed by atoms with Crippen LogP contribution in [0.1, 0.15) is 39.3 Å². The second kappa shape index (κ2) is 30.4. The number of hydrogen-bond acceptors (Lipinski definition) is 9. The van der Waals surface area contributed by atoms with Crippen LogP contribution in [0.4, 0.5) is 0 Å². The van der Waals surface area contributed by atoms with E-state index in [4.69, 9.17) is 25.2 Å². The lowest BCUT2D eigenvalue weighted by molar-refractivity contribution is -0.139. The number of carboxylic acids is 3. The molecule has 0 saturated carbocycles. The molecule has 0 saturated heterocycles. The summed E-state index contributed by atoms with van der Waals surface area (Å²) in [6.07, 6.45) is 4.64. The number of carbonyl (C=O) groups is 5. The highest BCUT2D eigenvalue weighted by atomic mass is 16.4. The maximum atomic E-state index is 10.6. The van der Waals surface area contributed by atoms with E-state index in [-0.39, 0.29) is 5.91 Å². The Morgan fingerprint density at radius 1 is 1.09 bits per heavy atom. The predicted molar refractivity (Wildman–Crippen MR) is 129 cm³/mol. The van der Waals surface area contributed by atoms with E-state index in [1.54, 1.807) is 13.2 Å². The third-order valence-electron chi connectivity index (χ3n) is 2.23. The second-order valence-corrected chi connectivity index (χ2v) is 6.68. The molecule has 1 heterocycles. The van der Waals surface area contributed by atoms with Crippen LogP contribution >= 0.6 is 0 Å². The van der Waals surface area contributed by atoms with E-state index in [0.29, 0.717) is 12.8 Å². The van der Waals surface area contributed by atoms with Gasteiger partial charge in [-0.3, -0.25) is 24.0 Å². The largest absolute Gasteiger partial charge is 0.481 e. The molecule has 1 aromatic heterocycles. The van der Waals surface area contributed by atoms with Crippen molar-refractivity contribution < 1.29 is 44.4 Å². The van der Waals surface area contributed by atoms with Crippen molar-refractivity contribution in [1.29, 1.82) is 0 Å². The molecule has 0 aromatic carbocycles. The molecular weight excluding hydrogens is 468 g/mol. The Bertz CT molecular complexity index is 645. The molecule has 0 aliphatic heterocycles. The number of aliphatic hydroxyl groups excluding tert-OH is 1. The van der Waals surface area contributed by atoms with Gasteiger partial charge in [-0.2, -0.15) is 0 Å². The van der Waals surface area contributed by atoms with Crippen molar-refractivity contribution >= 4 is 29.7 Å². The number of imidazole rings is 1. The normalized spacial score (nSPS) is 9.29. The highest BCUT2D eigenvalue weighted by Gasteiger charge is 2.15. The number of amides is 2. The molecule has 0 aliphatic rings. The van der Waals surface area contributed by atoms with Gasteiger partial charge in [0.25, 0.3) is 5.97 Å². The van der Waals surface area contributed by atoms with Crippen molar-refractivity contribution in [3.8, 4) is 0 Å². The molecule has 0 unspecified atom stereocenters. The molecule has 0 radical (unpaired) electrons. The van der Waals surface area contributed by atoms with Crippen molar-refractivity contribution in [2.75, 3.05) is 34.8 Å². The van der Waals surface area contributed by atoms with Gasteiger partial charge in [0.15, 0.2) is 0 Å². The molecular formula is C20H42N6O9. The minimum absolute atomic E-state index is 0.292. The lowest BCUT2D eigenvalue weighted by atomic mass is 10.2. The maximum absolute atomic E-state index is 10.6. The van der Waals surface area contributed by atoms with E-state index < -0.39 is 36.5 Å². The Hall–Kier alpha value is -3.56. The van der Waals surface area contributed by atoms with Gasteiger partial charge in [-0.05, 0) is 34.6 Å². The summed E-state index contributed by atoms with van der Waals surface area (Å²) in [6.45, 7) is 3.67. The van der Waals surface area contributed by atoms with E-state index in [1.165, 1.54) is 13.3 Å². The number of likely N-dealkylation sites (N-methyl/N-ethyl adjacent to an activating group) is 1. The number of nitrogens with zero attached hydrogens (tertiary/aromatic N) is 2. The van der Waals surface area contributed by atoms with Gasteiger partial charge in [0.05, 0.1) is 12.0 Å². The molecule has 0 bridgehead atoms. The van der Waals surface area contributed by atoms with Gasteiger partial charge in [0.1, 0.15) is 12.6 Å². The number of nitrogens with one attached hydrogen (secondary N) is 2. The average molecular weight is 511 g/mol. The number of primary amides is 2. The van der Waals surface area contributed by atoms with Crippen LogP contribution in [0.25, 0.3) is 0 Å². The van der Waals surface area contributed by atoms with Crippen LogP contribution in [0.5, 0.6) is 0 Å². The molecule has 0 fully saturated rings. The number of carboxylic acid groups (broad SMARTS) is 3. The monoisotopic (exact) mass is 510 g/mol. The Balaban J connectivity index is -0.000000112. The van der Waals surface area contributed by atoms with Gasteiger partial charge < -0.3 is 47.1 Å². The summed E-state index contributed by atoms with van der Waals surface area (Å²) in [5.41, 5.74) is 9.62. The van der Waals surface area contributed by atoms with E-state index in [1.807, 2.05) is 33.0 Å². The summed E-state index contributed by atoms with van der Waals surface area (Å²) in [6, 6.07) is -0.562. The lowest BCUT2D eigenvalue weighted by Gasteiger charge is -2.07. The van der Waals surface area contributed by atoms with E-state index in [9.17, 15) is 19.2 Å². The van der Waals surface area contributed by atoms with Crippen LogP contribution in [0.2, 0.25) is 0 Å². The van der Waals surface area contributed by atoms with Gasteiger partial charge in [0, 0.05) is 32.9 Å². The highest BCUT2D eigenvalue weighted by Crippen LogP contribution is 1.97. The Labute approximate surface area is 205 Å². The summed E-state index contributed by atoms with van der Waals surface area (Å²) in [4.78, 5) is 56.4. The van der Waals surface area contributed by atoms with Crippen molar-refractivity contribution in [2.24, 2.45) is 11.5 Å². The fraction of sp³-hybridized carbons (Fsp3) is 0.600. The van der Waals surface area contributed by atoms with Gasteiger partial charge in [-0.15, -0.1) is 0 Å². The topological polar surface area (TPSA) is 262 Å². The molecule has 0 spiro atoms. The summed E-state index contributed by atoms with van der Waals surface area (Å²) >= 11 is 0. The zero-order chi connectivity index (χ0) is 29.0. The van der Waals surface area contributed by atoms with Gasteiger partial charge >= 0.3 is 11.9 Å². The smallest absolute Gasteiger partial charge is 0.321 e. The Morgan fingerprint density at radius 3 is 1.60 bits per heavy atom. The average Bonchev–Trinajstić information content (AvgIpc) is 3.18. The fourth-order valence-electron chi connectivity index (χ4n) is 1.14. The van der Waals surface area contributed by atoms with Crippen LogP contribution in [-0.2, 0) is 30.4 Å². The molecule has 1 rings (SSSR count). The van der Waals surface area contributed by atoms with Gasteiger partial charge in [-0.1, -0.05) is 6.92 Å². The third kappa shape index (κ3) is 72.4. The van der Waals surface area contributed by atoms with Gasteiger partial charge in [-0.25, -0.2) is 4.98 Å². The quantitative estimate of drug-likeness (QED) is 0.213. The van der Waals surface area contributed by atoms with Crippen LogP contribution in [0.15, 0.2) is 12.5 Å². The number of rotatable bonds is 7. The maximum Gasteiger partial charge on any atom is 0.321 e. The standard InChI is InChI=1S/C7H11N3O2.C4H8O2.C3H9N.C2H5NO2.C2H5NO.C2H4O2/c1-8-6(7(11)12)2-5-3-9-4-10-5;1-2-3-4(5)6;1-4(2)3;3-2(5)1-4;2*1-2(3)4/h3-4,6,8H,2H2,1H3,(H,9,10)(H,11,12);2-3H2,1H3,(H,5,6);1-3H3;4H,1H2,(H2,3,5);1H3,(H2,3,4);1H3,(H,3,4)/t6-;;;;;/m0...../s1. The number of H-pyrrole nitrogens is 1. The zero-order valence-electron chi connectivity index (χ0n) is 21.4. The minimum Gasteiger partial charge on any atom is -0.481 e. The molecule has 0 aliphatic carbocycles. The first-order chi connectivity index (χ1) is 16.0. The van der Waals surface area contributed by atoms with Crippen LogP contribution in [-0.4, -0.2) is 106 Å². The Kier molecular flexibility index (Phi) is 36.2. The van der Waals surface area contributed by atoms with E-state index >= 15 is 0 Å². The van der Waals surface area contributed by atoms with Crippen molar-refractivity contribution in [3.63, 3.8) is 0 Å². The summed E-state index contributed by atoms with van der Waals surface area (Å²) in [5.74, 6) is -3.43. The molecule has 15 heteroatoms. The van der Waals surface area contributed by atoms with E-state index in [0.717, 1.165) is 19.0 Å². The lowest BCUT2D eigenvalue weighted by Crippen LogP contribution is -2.35. The number of aliphatic hydroxyl groups is 1. The van der Waals surface area contributed by atoms with Crippen molar-refractivity contribution in [3.05, 3.63) is 18.2 Å². The van der Waals surface area contributed by atoms with Crippen molar-refractivity contribution in [2.45, 2.75) is 46.1 Å². The number of carbonyl (C=O) groups excluding carboxylic acids is 2. The number of aliphatic carboxylic acids is 3. The highest BCUT2D eigenvalue weighted by molar-refractivity contribution is 5.74. The van der Waals surface area contributed by atoms with Crippen LogP contribution in [0.3, 0.4) is 0 Å². The molecule has 1 atom stereocenters. The first-order valence-corrected chi connectivity index (χ1v) is 10.0. The number of hydrogen-bond donors (Lipinski definition) is 8.